The second-order valence-corrected chi connectivity index (χ2v) is 10.00. The van der Waals surface area contributed by atoms with E-state index in [1.807, 2.05) is 0 Å². The van der Waals surface area contributed by atoms with E-state index >= 15 is 0 Å². The van der Waals surface area contributed by atoms with Crippen molar-refractivity contribution in [3.63, 3.8) is 0 Å². The molecule has 2 aromatic rings. The first kappa shape index (κ1) is 22.1. The number of nitrogen functional groups attached to an aromatic ring is 1. The highest BCUT2D eigenvalue weighted by Crippen LogP contribution is 2.57. The number of nitrogens with zero attached hydrogens (tertiary/aromatic N) is 4. The van der Waals surface area contributed by atoms with Crippen molar-refractivity contribution in [3.05, 3.63) is 6.33 Å². The first-order chi connectivity index (χ1) is 14.5. The fraction of sp³-hybridized carbons (Fsp3) is 0.533. The lowest BCUT2D eigenvalue weighted by molar-refractivity contribution is -0.0259. The van der Waals surface area contributed by atoms with Gasteiger partial charge in [-0.3, -0.25) is 9.09 Å². The minimum atomic E-state index is -5.22. The molecule has 1 unspecified atom stereocenters. The Morgan fingerprint density at radius 3 is 2.74 bits per heavy atom. The Bertz CT molecular complexity index is 1120. The Labute approximate surface area is 176 Å². The van der Waals surface area contributed by atoms with Crippen LogP contribution in [0.1, 0.15) is 25.5 Å². The molecule has 4 rings (SSSR count). The molecule has 16 heteroatoms. The smallest absolute Gasteiger partial charge is 0.368 e. The summed E-state index contributed by atoms with van der Waals surface area (Å²) >= 11 is 0. The van der Waals surface area contributed by atoms with E-state index in [9.17, 15) is 14.0 Å². The van der Waals surface area contributed by atoms with Crippen LogP contribution in [0.4, 0.5) is 11.8 Å². The zero-order valence-corrected chi connectivity index (χ0v) is 17.7. The van der Waals surface area contributed by atoms with Gasteiger partial charge in [0.1, 0.15) is 0 Å². The van der Waals surface area contributed by atoms with Gasteiger partial charge in [-0.05, 0) is 19.3 Å². The number of nitrogens with two attached hydrogens (primary N) is 1. The van der Waals surface area contributed by atoms with Crippen molar-refractivity contribution in [2.75, 3.05) is 17.7 Å². The molecule has 2 aromatic heterocycles. The number of nitrogens with one attached hydrogen (secondary N) is 1. The van der Waals surface area contributed by atoms with E-state index < -0.39 is 40.5 Å². The molecule has 31 heavy (non-hydrogen) atoms. The highest BCUT2D eigenvalue weighted by Gasteiger charge is 2.39. The van der Waals surface area contributed by atoms with E-state index in [0.717, 1.165) is 12.8 Å². The summed E-state index contributed by atoms with van der Waals surface area (Å²) < 4.78 is 38.3. The number of anilines is 2. The molecule has 4 atom stereocenters. The van der Waals surface area contributed by atoms with Gasteiger partial charge >= 0.3 is 15.6 Å². The number of phosphoric acid groups is 2. The van der Waals surface area contributed by atoms with Crippen LogP contribution in [0.15, 0.2) is 6.33 Å². The van der Waals surface area contributed by atoms with Gasteiger partial charge in [0, 0.05) is 6.04 Å². The highest BCUT2D eigenvalue weighted by atomic mass is 31.3. The summed E-state index contributed by atoms with van der Waals surface area (Å²) in [6.07, 6.45) is 7.93. The SMILES string of the molecule is C#C[C@H]1C[C@@H](COP(=O)(O)OP(=O)(O)O)O[C@H]1n1cnc2c(NC3CC3)nc(N)nc21. The van der Waals surface area contributed by atoms with Crippen molar-refractivity contribution >= 4 is 38.6 Å². The van der Waals surface area contributed by atoms with Gasteiger partial charge in [0.05, 0.1) is 25.0 Å². The monoisotopic (exact) mass is 474 g/mol. The Morgan fingerprint density at radius 2 is 2.10 bits per heavy atom. The van der Waals surface area contributed by atoms with Crippen LogP contribution >= 0.6 is 15.6 Å². The molecule has 3 heterocycles. The van der Waals surface area contributed by atoms with Gasteiger partial charge in [-0.15, -0.1) is 6.42 Å². The van der Waals surface area contributed by atoms with Crippen molar-refractivity contribution < 1.29 is 37.4 Å². The molecule has 2 aliphatic rings. The number of fused-ring (bicyclic) bond motifs is 1. The van der Waals surface area contributed by atoms with Gasteiger partial charge in [0.15, 0.2) is 23.2 Å². The third kappa shape index (κ3) is 5.23. The largest absolute Gasteiger partial charge is 0.481 e. The Morgan fingerprint density at radius 1 is 1.35 bits per heavy atom. The summed E-state index contributed by atoms with van der Waals surface area (Å²) in [6.45, 7) is -0.485. The summed E-state index contributed by atoms with van der Waals surface area (Å²) in [5.41, 5.74) is 6.75. The quantitative estimate of drug-likeness (QED) is 0.265. The number of phosphoric ester groups is 1. The van der Waals surface area contributed by atoms with Crippen molar-refractivity contribution in [1.29, 1.82) is 0 Å². The van der Waals surface area contributed by atoms with Crippen molar-refractivity contribution in [2.45, 2.75) is 37.6 Å². The van der Waals surface area contributed by atoms with Crippen LogP contribution in [0.5, 0.6) is 0 Å². The fourth-order valence-electron chi connectivity index (χ4n) is 3.24. The van der Waals surface area contributed by atoms with Crippen molar-refractivity contribution in [2.24, 2.45) is 5.92 Å². The molecular formula is C15H20N6O8P2. The predicted octanol–water partition coefficient (Wildman–Crippen LogP) is 0.746. The Balaban J connectivity index is 1.52. The van der Waals surface area contributed by atoms with Gasteiger partial charge in [-0.25, -0.2) is 14.1 Å². The number of aromatic nitrogens is 4. The molecule has 1 aliphatic carbocycles. The van der Waals surface area contributed by atoms with E-state index in [0.29, 0.717) is 23.0 Å². The van der Waals surface area contributed by atoms with Gasteiger partial charge in [0.25, 0.3) is 0 Å². The highest BCUT2D eigenvalue weighted by molar-refractivity contribution is 7.60. The lowest BCUT2D eigenvalue weighted by Crippen LogP contribution is -2.17. The van der Waals surface area contributed by atoms with Crippen molar-refractivity contribution in [3.8, 4) is 12.3 Å². The fourth-order valence-corrected chi connectivity index (χ4v) is 4.86. The summed E-state index contributed by atoms with van der Waals surface area (Å²) in [7, 11) is -10.2. The third-order valence-electron chi connectivity index (χ3n) is 4.67. The molecule has 6 N–H and O–H groups in total. The van der Waals surface area contributed by atoms with Crippen LogP contribution in [-0.2, 0) is 22.7 Å². The van der Waals surface area contributed by atoms with Crippen molar-refractivity contribution in [1.82, 2.24) is 19.5 Å². The number of rotatable bonds is 8. The average molecular weight is 474 g/mol. The summed E-state index contributed by atoms with van der Waals surface area (Å²) in [5, 5.41) is 3.25. The van der Waals surface area contributed by atoms with Crippen LogP contribution in [0.3, 0.4) is 0 Å². The number of hydrogen-bond donors (Lipinski definition) is 5. The topological polar surface area (TPSA) is 204 Å². The normalized spacial score (nSPS) is 25.9. The molecule has 0 aromatic carbocycles. The number of hydrogen-bond acceptors (Lipinski definition) is 10. The summed E-state index contributed by atoms with van der Waals surface area (Å²) in [5.74, 6) is 2.68. The van der Waals surface area contributed by atoms with Crippen LogP contribution in [-0.4, -0.2) is 53.0 Å². The maximum Gasteiger partial charge on any atom is 0.481 e. The molecule has 0 amide bonds. The second-order valence-electron chi connectivity index (χ2n) is 7.17. The lowest BCUT2D eigenvalue weighted by Gasteiger charge is -2.18. The first-order valence-corrected chi connectivity index (χ1v) is 12.2. The number of imidazole rings is 1. The minimum Gasteiger partial charge on any atom is -0.368 e. The first-order valence-electron chi connectivity index (χ1n) is 9.17. The van der Waals surface area contributed by atoms with E-state index in [2.05, 4.69) is 35.0 Å². The van der Waals surface area contributed by atoms with E-state index in [-0.39, 0.29) is 12.4 Å². The number of ether oxygens (including phenoxy) is 1. The van der Waals surface area contributed by atoms with Crippen LogP contribution < -0.4 is 11.1 Å². The van der Waals surface area contributed by atoms with Crippen LogP contribution in [0, 0.1) is 18.3 Å². The molecule has 14 nitrogen and oxygen atoms in total. The lowest BCUT2D eigenvalue weighted by atomic mass is 10.0. The molecular weight excluding hydrogens is 454 g/mol. The Kier molecular flexibility index (Phi) is 5.80. The molecule has 1 aliphatic heterocycles. The van der Waals surface area contributed by atoms with Crippen LogP contribution in [0.2, 0.25) is 0 Å². The molecule has 168 valence electrons. The summed E-state index contributed by atoms with van der Waals surface area (Å²) in [6, 6.07) is 0.315. The number of terminal acetylenes is 1. The molecule has 2 fully saturated rings. The zero-order chi connectivity index (χ0) is 22.4. The van der Waals surface area contributed by atoms with Gasteiger partial charge < -0.3 is 30.5 Å². The molecule has 0 bridgehead atoms. The average Bonchev–Trinajstić information content (AvgIpc) is 3.21. The maximum absolute atomic E-state index is 11.7. The zero-order valence-electron chi connectivity index (χ0n) is 15.9. The molecule has 0 spiro atoms. The van der Waals surface area contributed by atoms with Gasteiger partial charge in [-0.2, -0.15) is 14.3 Å². The Hall–Kier alpha value is -2.07. The summed E-state index contributed by atoms with van der Waals surface area (Å²) in [4.78, 5) is 39.6. The van der Waals surface area contributed by atoms with Gasteiger partial charge in [-0.1, -0.05) is 5.92 Å². The maximum atomic E-state index is 11.7. The van der Waals surface area contributed by atoms with E-state index in [1.54, 1.807) is 4.57 Å². The van der Waals surface area contributed by atoms with Crippen LogP contribution in [0.25, 0.3) is 11.2 Å². The standard InChI is InChI=1S/C15H20N6O8P2/c1-2-8-5-10(6-27-31(25,26)29-30(22,23)24)28-14(8)21-7-17-11-12(18-9-3-4-9)19-15(16)20-13(11)21/h1,7-10,14H,3-6H2,(H,25,26)(H2,22,23,24)(H3,16,18,19,20)/t8-,10-,14+/m0/s1. The second kappa shape index (κ2) is 8.12. The van der Waals surface area contributed by atoms with Gasteiger partial charge in [0.2, 0.25) is 5.95 Å². The molecule has 1 saturated carbocycles. The van der Waals surface area contributed by atoms with E-state index in [4.69, 9.17) is 26.7 Å². The molecule has 0 radical (unpaired) electrons. The molecule has 1 saturated heterocycles. The third-order valence-corrected chi connectivity index (χ3v) is 6.82. The predicted molar refractivity (Wildman–Crippen MR) is 106 cm³/mol. The van der Waals surface area contributed by atoms with E-state index in [1.165, 1.54) is 6.33 Å². The minimum absolute atomic E-state index is 0.0448.